The monoisotopic (exact) mass is 291 g/mol. The molecule has 1 aliphatic carbocycles. The molecular weight excluding hydrogens is 262 g/mol. The fraction of sp³-hybridized carbons (Fsp3) is 0.706. The Labute approximate surface area is 128 Å². The van der Waals surface area contributed by atoms with Gasteiger partial charge in [-0.1, -0.05) is 20.3 Å². The smallest absolute Gasteiger partial charge is 0.239 e. The molecule has 0 bridgehead atoms. The average molecular weight is 291 g/mol. The van der Waals surface area contributed by atoms with Crippen LogP contribution in [0.3, 0.4) is 0 Å². The third-order valence-corrected chi connectivity index (χ3v) is 4.20. The van der Waals surface area contributed by atoms with E-state index in [-0.39, 0.29) is 0 Å². The number of rotatable bonds is 9. The van der Waals surface area contributed by atoms with E-state index in [1.54, 1.807) is 0 Å². The quantitative estimate of drug-likeness (QED) is 0.750. The molecule has 2 rings (SSSR count). The van der Waals surface area contributed by atoms with E-state index < -0.39 is 0 Å². The Morgan fingerprint density at radius 3 is 2.76 bits per heavy atom. The van der Waals surface area contributed by atoms with Gasteiger partial charge in [0.15, 0.2) is 0 Å². The Kier molecular flexibility index (Phi) is 5.71. The standard InChI is InChI=1S/C17H29N3O/c1-4-6-11-20(13(3)5-2)16-10-9-15(18)17(19-16)21-12-14-7-8-14/h9-10,13-14H,4-8,11-12,18H2,1-3H3. The number of anilines is 2. The summed E-state index contributed by atoms with van der Waals surface area (Å²) >= 11 is 0. The Morgan fingerprint density at radius 1 is 1.38 bits per heavy atom. The number of hydrogen-bond donors (Lipinski definition) is 1. The van der Waals surface area contributed by atoms with Gasteiger partial charge in [0.05, 0.1) is 12.3 Å². The first-order valence-electron chi connectivity index (χ1n) is 8.31. The van der Waals surface area contributed by atoms with Crippen LogP contribution in [0, 0.1) is 5.92 Å². The van der Waals surface area contributed by atoms with Crippen molar-refractivity contribution in [3.63, 3.8) is 0 Å². The van der Waals surface area contributed by atoms with Crippen molar-refractivity contribution in [2.75, 3.05) is 23.8 Å². The van der Waals surface area contributed by atoms with Crippen molar-refractivity contribution >= 4 is 11.5 Å². The highest BCUT2D eigenvalue weighted by Crippen LogP contribution is 2.31. The Hall–Kier alpha value is -1.45. The van der Waals surface area contributed by atoms with E-state index in [2.05, 4.69) is 30.7 Å². The van der Waals surface area contributed by atoms with Gasteiger partial charge in [-0.05, 0) is 50.7 Å². The van der Waals surface area contributed by atoms with E-state index in [1.165, 1.54) is 25.7 Å². The molecule has 4 heteroatoms. The third kappa shape index (κ3) is 4.51. The summed E-state index contributed by atoms with van der Waals surface area (Å²) in [5.74, 6) is 2.29. The lowest BCUT2D eigenvalue weighted by Gasteiger charge is -2.30. The highest BCUT2D eigenvalue weighted by atomic mass is 16.5. The number of aromatic nitrogens is 1. The SMILES string of the molecule is CCCCN(c1ccc(N)c(OCC2CC2)n1)C(C)CC. The number of nitrogen functional groups attached to an aromatic ring is 1. The number of pyridine rings is 1. The Morgan fingerprint density at radius 2 is 2.14 bits per heavy atom. The normalized spacial score (nSPS) is 15.8. The summed E-state index contributed by atoms with van der Waals surface area (Å²) in [6.07, 6.45) is 6.01. The molecule has 0 aromatic carbocycles. The van der Waals surface area contributed by atoms with Crippen LogP contribution in [-0.2, 0) is 0 Å². The first-order valence-corrected chi connectivity index (χ1v) is 8.31. The zero-order valence-corrected chi connectivity index (χ0v) is 13.6. The van der Waals surface area contributed by atoms with E-state index in [0.29, 0.717) is 23.5 Å². The van der Waals surface area contributed by atoms with Crippen molar-refractivity contribution in [3.05, 3.63) is 12.1 Å². The summed E-state index contributed by atoms with van der Waals surface area (Å²) in [5.41, 5.74) is 6.64. The van der Waals surface area contributed by atoms with Crippen molar-refractivity contribution in [2.45, 2.75) is 58.9 Å². The van der Waals surface area contributed by atoms with Gasteiger partial charge in [0.2, 0.25) is 5.88 Å². The predicted molar refractivity (Wildman–Crippen MR) is 88.9 cm³/mol. The number of hydrogen-bond acceptors (Lipinski definition) is 4. The van der Waals surface area contributed by atoms with Gasteiger partial charge >= 0.3 is 0 Å². The second kappa shape index (κ2) is 7.53. The van der Waals surface area contributed by atoms with Crippen molar-refractivity contribution in [3.8, 4) is 5.88 Å². The number of unbranched alkanes of at least 4 members (excludes halogenated alkanes) is 1. The third-order valence-electron chi connectivity index (χ3n) is 4.20. The minimum Gasteiger partial charge on any atom is -0.476 e. The maximum absolute atomic E-state index is 6.00. The van der Waals surface area contributed by atoms with Crippen LogP contribution in [-0.4, -0.2) is 24.2 Å². The second-order valence-electron chi connectivity index (χ2n) is 6.12. The van der Waals surface area contributed by atoms with E-state index in [0.717, 1.165) is 25.4 Å². The van der Waals surface area contributed by atoms with Crippen molar-refractivity contribution in [1.29, 1.82) is 0 Å². The summed E-state index contributed by atoms with van der Waals surface area (Å²) in [6, 6.07) is 4.41. The molecule has 1 fully saturated rings. The van der Waals surface area contributed by atoms with Gasteiger partial charge in [-0.2, -0.15) is 4.98 Å². The summed E-state index contributed by atoms with van der Waals surface area (Å²) in [7, 11) is 0. The molecule has 118 valence electrons. The summed E-state index contributed by atoms with van der Waals surface area (Å²) in [6.45, 7) is 8.46. The lowest BCUT2D eigenvalue weighted by Crippen LogP contribution is -2.34. The van der Waals surface area contributed by atoms with Crippen LogP contribution in [0.1, 0.15) is 52.9 Å². The largest absolute Gasteiger partial charge is 0.476 e. The van der Waals surface area contributed by atoms with Gasteiger partial charge in [0.1, 0.15) is 5.82 Å². The minimum atomic E-state index is 0.476. The molecule has 21 heavy (non-hydrogen) atoms. The summed E-state index contributed by atoms with van der Waals surface area (Å²) in [4.78, 5) is 7.04. The highest BCUT2D eigenvalue weighted by Gasteiger charge is 2.23. The summed E-state index contributed by atoms with van der Waals surface area (Å²) < 4.78 is 5.81. The van der Waals surface area contributed by atoms with E-state index >= 15 is 0 Å². The molecule has 1 saturated carbocycles. The van der Waals surface area contributed by atoms with Gasteiger partial charge < -0.3 is 15.4 Å². The van der Waals surface area contributed by atoms with Gasteiger partial charge in [-0.15, -0.1) is 0 Å². The molecule has 1 atom stereocenters. The molecule has 0 radical (unpaired) electrons. The van der Waals surface area contributed by atoms with Crippen LogP contribution >= 0.6 is 0 Å². The summed E-state index contributed by atoms with van der Waals surface area (Å²) in [5, 5.41) is 0. The Balaban J connectivity index is 2.11. The molecule has 0 aliphatic heterocycles. The van der Waals surface area contributed by atoms with Crippen molar-refractivity contribution in [1.82, 2.24) is 4.98 Å². The lowest BCUT2D eigenvalue weighted by atomic mass is 10.2. The maximum atomic E-state index is 6.00. The topological polar surface area (TPSA) is 51.4 Å². The molecule has 1 heterocycles. The lowest BCUT2D eigenvalue weighted by molar-refractivity contribution is 0.290. The first kappa shape index (κ1) is 15.9. The average Bonchev–Trinajstić information content (AvgIpc) is 3.31. The molecule has 1 aromatic heterocycles. The molecule has 1 aliphatic rings. The maximum Gasteiger partial charge on any atom is 0.239 e. The predicted octanol–water partition coefficient (Wildman–Crippen LogP) is 3.86. The van der Waals surface area contributed by atoms with E-state index in [9.17, 15) is 0 Å². The molecule has 4 nitrogen and oxygen atoms in total. The number of nitrogens with zero attached hydrogens (tertiary/aromatic N) is 2. The second-order valence-corrected chi connectivity index (χ2v) is 6.12. The zero-order valence-electron chi connectivity index (χ0n) is 13.6. The van der Waals surface area contributed by atoms with Crippen LogP contribution in [0.4, 0.5) is 11.5 Å². The van der Waals surface area contributed by atoms with E-state index in [4.69, 9.17) is 10.5 Å². The molecular formula is C17H29N3O. The zero-order chi connectivity index (χ0) is 15.2. The van der Waals surface area contributed by atoms with Gasteiger partial charge in [0.25, 0.3) is 0 Å². The minimum absolute atomic E-state index is 0.476. The van der Waals surface area contributed by atoms with Gasteiger partial charge in [-0.3, -0.25) is 0 Å². The van der Waals surface area contributed by atoms with Crippen LogP contribution in [0.5, 0.6) is 5.88 Å². The molecule has 0 spiro atoms. The van der Waals surface area contributed by atoms with Gasteiger partial charge in [-0.25, -0.2) is 0 Å². The van der Waals surface area contributed by atoms with Crippen LogP contribution in [0.15, 0.2) is 12.1 Å². The Bertz CT molecular complexity index is 446. The number of nitrogens with two attached hydrogens (primary N) is 1. The molecule has 1 unspecified atom stereocenters. The van der Waals surface area contributed by atoms with E-state index in [1.807, 2.05) is 12.1 Å². The van der Waals surface area contributed by atoms with Crippen LogP contribution in [0.2, 0.25) is 0 Å². The van der Waals surface area contributed by atoms with Crippen molar-refractivity contribution in [2.24, 2.45) is 5.92 Å². The molecule has 0 amide bonds. The molecule has 2 N–H and O–H groups in total. The highest BCUT2D eigenvalue weighted by molar-refractivity contribution is 5.55. The van der Waals surface area contributed by atoms with Crippen LogP contribution < -0.4 is 15.4 Å². The fourth-order valence-corrected chi connectivity index (χ4v) is 2.31. The van der Waals surface area contributed by atoms with Crippen molar-refractivity contribution < 1.29 is 4.74 Å². The van der Waals surface area contributed by atoms with Gasteiger partial charge in [0, 0.05) is 12.6 Å². The molecule has 0 saturated heterocycles. The number of ether oxygens (including phenoxy) is 1. The fourth-order valence-electron chi connectivity index (χ4n) is 2.31. The van der Waals surface area contributed by atoms with Crippen LogP contribution in [0.25, 0.3) is 0 Å². The molecule has 1 aromatic rings. The first-order chi connectivity index (χ1) is 10.2.